The van der Waals surface area contributed by atoms with E-state index in [0.29, 0.717) is 10.2 Å². The Labute approximate surface area is 84.9 Å². The van der Waals surface area contributed by atoms with Crippen LogP contribution in [0.15, 0.2) is 24.4 Å². The molecular formula is C8H4Cl2N3. The molecule has 1 heterocycles. The zero-order chi connectivity index (χ0) is 9.26. The Hall–Kier alpha value is -1.06. The summed E-state index contributed by atoms with van der Waals surface area (Å²) in [7, 11) is 0. The van der Waals surface area contributed by atoms with E-state index in [-0.39, 0.29) is 0 Å². The fraction of sp³-hybridized carbons (Fsp3) is 0. The van der Waals surface area contributed by atoms with E-state index in [1.54, 1.807) is 23.0 Å². The Balaban J connectivity index is 2.41. The SMILES string of the molecule is Clc1[c]cc(-n2cc(Cl)nn2)cc1. The van der Waals surface area contributed by atoms with Gasteiger partial charge in [-0.15, -0.1) is 5.10 Å². The van der Waals surface area contributed by atoms with E-state index in [9.17, 15) is 0 Å². The molecule has 65 valence electrons. The van der Waals surface area contributed by atoms with Crippen molar-refractivity contribution in [3.8, 4) is 5.69 Å². The molecular weight excluding hydrogens is 209 g/mol. The number of rotatable bonds is 1. The molecule has 2 rings (SSSR count). The van der Waals surface area contributed by atoms with Crippen molar-refractivity contribution in [2.45, 2.75) is 0 Å². The van der Waals surface area contributed by atoms with Crippen LogP contribution in [0.5, 0.6) is 0 Å². The zero-order valence-electron chi connectivity index (χ0n) is 6.41. The van der Waals surface area contributed by atoms with Crippen LogP contribution >= 0.6 is 23.2 Å². The first kappa shape index (κ1) is 8.53. The molecule has 0 bridgehead atoms. The van der Waals surface area contributed by atoms with Crippen molar-refractivity contribution in [1.29, 1.82) is 0 Å². The van der Waals surface area contributed by atoms with Crippen LogP contribution in [0.3, 0.4) is 0 Å². The van der Waals surface area contributed by atoms with E-state index in [2.05, 4.69) is 16.4 Å². The fourth-order valence-corrected chi connectivity index (χ4v) is 1.15. The van der Waals surface area contributed by atoms with Crippen LogP contribution in [-0.2, 0) is 0 Å². The lowest BCUT2D eigenvalue weighted by atomic mass is 10.3. The van der Waals surface area contributed by atoms with E-state index in [0.717, 1.165) is 5.69 Å². The monoisotopic (exact) mass is 212 g/mol. The molecule has 13 heavy (non-hydrogen) atoms. The highest BCUT2D eigenvalue weighted by Gasteiger charge is 1.99. The molecule has 0 atom stereocenters. The Kier molecular flexibility index (Phi) is 2.20. The lowest BCUT2D eigenvalue weighted by Gasteiger charge is -1.97. The van der Waals surface area contributed by atoms with Crippen LogP contribution in [0.1, 0.15) is 0 Å². The van der Waals surface area contributed by atoms with Crippen molar-refractivity contribution >= 4 is 23.2 Å². The lowest BCUT2D eigenvalue weighted by molar-refractivity contribution is 0.803. The van der Waals surface area contributed by atoms with Crippen LogP contribution in [0.2, 0.25) is 10.2 Å². The Bertz CT molecular complexity index is 408. The molecule has 1 aromatic heterocycles. The van der Waals surface area contributed by atoms with E-state index in [1.165, 1.54) is 0 Å². The third kappa shape index (κ3) is 1.82. The second-order valence-electron chi connectivity index (χ2n) is 2.38. The molecule has 0 aliphatic heterocycles. The second kappa shape index (κ2) is 3.36. The van der Waals surface area contributed by atoms with Gasteiger partial charge in [0, 0.05) is 11.1 Å². The number of aromatic nitrogens is 3. The van der Waals surface area contributed by atoms with Crippen LogP contribution < -0.4 is 0 Å². The van der Waals surface area contributed by atoms with E-state index >= 15 is 0 Å². The molecule has 0 aliphatic carbocycles. The van der Waals surface area contributed by atoms with Gasteiger partial charge < -0.3 is 0 Å². The van der Waals surface area contributed by atoms with E-state index in [1.807, 2.05) is 6.07 Å². The molecule has 2 aromatic rings. The molecule has 1 radical (unpaired) electrons. The van der Waals surface area contributed by atoms with Gasteiger partial charge in [0.05, 0.1) is 11.9 Å². The smallest absolute Gasteiger partial charge is 0.171 e. The maximum absolute atomic E-state index is 5.68. The molecule has 0 amide bonds. The number of nitrogens with zero attached hydrogens (tertiary/aromatic N) is 3. The van der Waals surface area contributed by atoms with E-state index < -0.39 is 0 Å². The first-order valence-electron chi connectivity index (χ1n) is 3.51. The summed E-state index contributed by atoms with van der Waals surface area (Å²) < 4.78 is 1.55. The van der Waals surface area contributed by atoms with Crippen molar-refractivity contribution in [1.82, 2.24) is 15.0 Å². The minimum Gasteiger partial charge on any atom is -0.219 e. The molecule has 0 saturated heterocycles. The van der Waals surface area contributed by atoms with Crippen molar-refractivity contribution in [3.63, 3.8) is 0 Å². The third-order valence-corrected chi connectivity index (χ3v) is 1.90. The average molecular weight is 213 g/mol. The maximum Gasteiger partial charge on any atom is 0.171 e. The molecule has 3 nitrogen and oxygen atoms in total. The average Bonchev–Trinajstić information content (AvgIpc) is 2.53. The predicted octanol–water partition coefficient (Wildman–Crippen LogP) is 2.37. The van der Waals surface area contributed by atoms with Crippen molar-refractivity contribution in [2.75, 3.05) is 0 Å². The summed E-state index contributed by atoms with van der Waals surface area (Å²) >= 11 is 11.3. The molecule has 0 fully saturated rings. The number of halogens is 2. The van der Waals surface area contributed by atoms with Gasteiger partial charge in [0.15, 0.2) is 5.15 Å². The summed E-state index contributed by atoms with van der Waals surface area (Å²) in [5.41, 5.74) is 0.823. The minimum absolute atomic E-state index is 0.356. The highest BCUT2D eigenvalue weighted by molar-refractivity contribution is 6.30. The van der Waals surface area contributed by atoms with Crippen LogP contribution in [0.25, 0.3) is 5.69 Å². The van der Waals surface area contributed by atoms with Crippen molar-refractivity contribution < 1.29 is 0 Å². The van der Waals surface area contributed by atoms with Gasteiger partial charge in [-0.1, -0.05) is 28.4 Å². The molecule has 0 N–H and O–H groups in total. The Morgan fingerprint density at radius 2 is 2.15 bits per heavy atom. The molecule has 0 aliphatic rings. The molecule has 0 spiro atoms. The van der Waals surface area contributed by atoms with E-state index in [4.69, 9.17) is 23.2 Å². The zero-order valence-corrected chi connectivity index (χ0v) is 7.92. The fourth-order valence-electron chi connectivity index (χ4n) is 0.910. The standard InChI is InChI=1S/C8H4Cl2N3/c9-6-1-3-7(4-2-6)13-5-8(10)11-12-13/h1,3-5H. The highest BCUT2D eigenvalue weighted by Crippen LogP contribution is 2.12. The van der Waals surface area contributed by atoms with Gasteiger partial charge >= 0.3 is 0 Å². The predicted molar refractivity (Wildman–Crippen MR) is 50.2 cm³/mol. The highest BCUT2D eigenvalue weighted by atomic mass is 35.5. The van der Waals surface area contributed by atoms with Crippen LogP contribution in [0, 0.1) is 6.07 Å². The second-order valence-corrected chi connectivity index (χ2v) is 3.18. The van der Waals surface area contributed by atoms with Gasteiger partial charge in [0.25, 0.3) is 0 Å². The van der Waals surface area contributed by atoms with Gasteiger partial charge in [0.1, 0.15) is 0 Å². The Morgan fingerprint density at radius 3 is 2.69 bits per heavy atom. The third-order valence-electron chi connectivity index (χ3n) is 1.49. The Morgan fingerprint density at radius 1 is 1.31 bits per heavy atom. The largest absolute Gasteiger partial charge is 0.219 e. The first-order chi connectivity index (χ1) is 6.25. The molecule has 1 aromatic carbocycles. The normalized spacial score (nSPS) is 10.3. The summed E-state index contributed by atoms with van der Waals surface area (Å²) in [5, 5.41) is 8.36. The lowest BCUT2D eigenvalue weighted by Crippen LogP contribution is -1.93. The number of hydrogen-bond acceptors (Lipinski definition) is 2. The summed E-state index contributed by atoms with van der Waals surface area (Å²) in [6.07, 6.45) is 1.61. The summed E-state index contributed by atoms with van der Waals surface area (Å²) in [4.78, 5) is 0. The summed E-state index contributed by atoms with van der Waals surface area (Å²) in [5.74, 6) is 0. The molecule has 0 unspecified atom stereocenters. The summed E-state index contributed by atoms with van der Waals surface area (Å²) in [6, 6.07) is 8.09. The summed E-state index contributed by atoms with van der Waals surface area (Å²) in [6.45, 7) is 0. The molecule has 0 saturated carbocycles. The van der Waals surface area contributed by atoms with Gasteiger partial charge in [-0.25, -0.2) is 4.68 Å². The minimum atomic E-state index is 0.356. The number of hydrogen-bond donors (Lipinski definition) is 0. The van der Waals surface area contributed by atoms with Crippen molar-refractivity contribution in [2.24, 2.45) is 0 Å². The topological polar surface area (TPSA) is 30.7 Å². The van der Waals surface area contributed by atoms with Gasteiger partial charge in [-0.05, 0) is 18.2 Å². The molecule has 5 heteroatoms. The quantitative estimate of drug-likeness (QED) is 0.727. The van der Waals surface area contributed by atoms with Crippen molar-refractivity contribution in [3.05, 3.63) is 40.6 Å². The van der Waals surface area contributed by atoms with Gasteiger partial charge in [0.2, 0.25) is 0 Å². The number of benzene rings is 1. The van der Waals surface area contributed by atoms with Gasteiger partial charge in [-0.2, -0.15) is 0 Å². The van der Waals surface area contributed by atoms with Gasteiger partial charge in [-0.3, -0.25) is 0 Å². The maximum atomic E-state index is 5.68. The first-order valence-corrected chi connectivity index (χ1v) is 4.27. The van der Waals surface area contributed by atoms with Crippen LogP contribution in [-0.4, -0.2) is 15.0 Å². The van der Waals surface area contributed by atoms with Crippen LogP contribution in [0.4, 0.5) is 0 Å².